The molecule has 142 valence electrons. The minimum atomic E-state index is -1.22. The first-order chi connectivity index (χ1) is 12.8. The van der Waals surface area contributed by atoms with Crippen molar-refractivity contribution < 1.29 is 18.3 Å². The van der Waals surface area contributed by atoms with Gasteiger partial charge in [-0.2, -0.15) is 5.10 Å². The van der Waals surface area contributed by atoms with Crippen LogP contribution in [0, 0.1) is 11.6 Å². The number of benzene rings is 1. The first-order valence-electron chi connectivity index (χ1n) is 8.47. The summed E-state index contributed by atoms with van der Waals surface area (Å²) in [6, 6.07) is 4.07. The van der Waals surface area contributed by atoms with E-state index in [9.17, 15) is 18.3 Å². The summed E-state index contributed by atoms with van der Waals surface area (Å²) in [5, 5.41) is 14.6. The van der Waals surface area contributed by atoms with Crippen LogP contribution in [0.4, 0.5) is 19.0 Å². The number of rotatable bonds is 3. The fraction of sp³-hybridized carbons (Fsp3) is 0.333. The van der Waals surface area contributed by atoms with E-state index >= 15 is 0 Å². The van der Waals surface area contributed by atoms with Crippen LogP contribution in [0.2, 0.25) is 0 Å². The zero-order valence-corrected chi connectivity index (χ0v) is 14.5. The number of hydrogen-bond donors (Lipinski definition) is 2. The Labute approximate surface area is 153 Å². The number of halogens is 3. The fourth-order valence-corrected chi connectivity index (χ4v) is 3.60. The molecule has 0 spiro atoms. The number of aryl methyl sites for hydroxylation is 1. The molecule has 0 aliphatic carbocycles. The molecule has 3 N–H and O–H groups in total. The third kappa shape index (κ3) is 3.02. The van der Waals surface area contributed by atoms with E-state index in [0.717, 1.165) is 18.2 Å². The maximum atomic E-state index is 14.3. The monoisotopic (exact) mass is 377 g/mol. The molecule has 2 aromatic heterocycles. The Morgan fingerprint density at radius 3 is 2.81 bits per heavy atom. The minimum Gasteiger partial charge on any atom is -0.374 e. The van der Waals surface area contributed by atoms with Crippen LogP contribution in [0.1, 0.15) is 29.8 Å². The van der Waals surface area contributed by atoms with Gasteiger partial charge in [-0.25, -0.2) is 22.8 Å². The van der Waals surface area contributed by atoms with Crippen molar-refractivity contribution in [2.75, 3.05) is 11.4 Å². The van der Waals surface area contributed by atoms with Crippen molar-refractivity contribution in [2.24, 2.45) is 12.8 Å². The number of aliphatic hydroxyl groups is 1. The number of hydrogen-bond acceptors (Lipinski definition) is 5. The Balaban J connectivity index is 1.85. The van der Waals surface area contributed by atoms with Gasteiger partial charge in [-0.05, 0) is 24.3 Å². The summed E-state index contributed by atoms with van der Waals surface area (Å²) in [4.78, 5) is 5.86. The Hall–Kier alpha value is -2.65. The van der Waals surface area contributed by atoms with E-state index in [4.69, 9.17) is 5.73 Å². The number of pyridine rings is 1. The van der Waals surface area contributed by atoms with Crippen molar-refractivity contribution >= 4 is 16.9 Å². The number of aliphatic hydroxyl groups excluding tert-OH is 1. The molecule has 4 rings (SSSR count). The number of nitrogens with two attached hydrogens (primary N) is 1. The summed E-state index contributed by atoms with van der Waals surface area (Å²) >= 11 is 0. The highest BCUT2D eigenvalue weighted by atomic mass is 19.1. The van der Waals surface area contributed by atoms with Crippen LogP contribution in [0.3, 0.4) is 0 Å². The second kappa shape index (κ2) is 6.50. The second-order valence-corrected chi connectivity index (χ2v) is 6.70. The van der Waals surface area contributed by atoms with Gasteiger partial charge in [0, 0.05) is 30.8 Å². The molecule has 0 radical (unpaired) electrons. The normalized spacial score (nSPS) is 21.2. The van der Waals surface area contributed by atoms with Gasteiger partial charge >= 0.3 is 0 Å². The quantitative estimate of drug-likeness (QED) is 0.686. The molecule has 1 aromatic carbocycles. The summed E-state index contributed by atoms with van der Waals surface area (Å²) in [6.45, 7) is -0.0118. The molecule has 9 heteroatoms. The highest BCUT2D eigenvalue weighted by Crippen LogP contribution is 2.40. The Bertz CT molecular complexity index is 1010. The highest BCUT2D eigenvalue weighted by Gasteiger charge is 2.37. The van der Waals surface area contributed by atoms with Crippen LogP contribution in [-0.2, 0) is 7.05 Å². The Morgan fingerprint density at radius 2 is 2.07 bits per heavy atom. The van der Waals surface area contributed by atoms with E-state index in [-0.39, 0.29) is 18.5 Å². The molecule has 1 aliphatic rings. The number of fused-ring (bicyclic) bond motifs is 1. The lowest BCUT2D eigenvalue weighted by Gasteiger charge is -2.25. The van der Waals surface area contributed by atoms with Gasteiger partial charge in [-0.1, -0.05) is 0 Å². The van der Waals surface area contributed by atoms with Gasteiger partial charge < -0.3 is 15.7 Å². The first kappa shape index (κ1) is 17.7. The van der Waals surface area contributed by atoms with E-state index in [1.807, 2.05) is 0 Å². The van der Waals surface area contributed by atoms with Gasteiger partial charge in [0.25, 0.3) is 0 Å². The molecule has 3 atom stereocenters. The predicted molar refractivity (Wildman–Crippen MR) is 93.6 cm³/mol. The maximum Gasteiger partial charge on any atom is 0.160 e. The molecule has 0 bridgehead atoms. The van der Waals surface area contributed by atoms with E-state index in [1.54, 1.807) is 18.0 Å². The van der Waals surface area contributed by atoms with Crippen LogP contribution in [0.15, 0.2) is 30.5 Å². The Kier molecular flexibility index (Phi) is 4.27. The SMILES string of the molecule is Cn1nc(N2C[C@@H](F)C[C@@H]2c2cc(F)ccc2F)c2cc(C(N)O)cnc21. The van der Waals surface area contributed by atoms with Crippen LogP contribution >= 0.6 is 0 Å². The molecule has 1 aliphatic heterocycles. The molecule has 0 saturated carbocycles. The Morgan fingerprint density at radius 1 is 1.30 bits per heavy atom. The van der Waals surface area contributed by atoms with Crippen molar-refractivity contribution in [1.29, 1.82) is 0 Å². The molecule has 0 amide bonds. The molecule has 3 heterocycles. The molecule has 1 fully saturated rings. The van der Waals surface area contributed by atoms with Gasteiger partial charge in [0.05, 0.1) is 18.0 Å². The van der Waals surface area contributed by atoms with Crippen molar-refractivity contribution in [1.82, 2.24) is 14.8 Å². The highest BCUT2D eigenvalue weighted by molar-refractivity contribution is 5.89. The maximum absolute atomic E-state index is 14.3. The molecule has 3 aromatic rings. The molecule has 27 heavy (non-hydrogen) atoms. The lowest BCUT2D eigenvalue weighted by atomic mass is 10.0. The third-order valence-electron chi connectivity index (χ3n) is 4.86. The van der Waals surface area contributed by atoms with Crippen LogP contribution in [0.25, 0.3) is 11.0 Å². The van der Waals surface area contributed by atoms with Gasteiger partial charge in [-0.3, -0.25) is 0 Å². The van der Waals surface area contributed by atoms with Gasteiger partial charge in [0.2, 0.25) is 0 Å². The van der Waals surface area contributed by atoms with Crippen LogP contribution in [0.5, 0.6) is 0 Å². The van der Waals surface area contributed by atoms with Gasteiger partial charge in [0.15, 0.2) is 11.5 Å². The molecular weight excluding hydrogens is 359 g/mol. The first-order valence-corrected chi connectivity index (χ1v) is 8.47. The summed E-state index contributed by atoms with van der Waals surface area (Å²) in [7, 11) is 1.68. The van der Waals surface area contributed by atoms with Crippen LogP contribution in [-0.4, -0.2) is 32.6 Å². The lowest BCUT2D eigenvalue weighted by molar-refractivity contribution is 0.186. The zero-order chi connectivity index (χ0) is 19.3. The summed E-state index contributed by atoms with van der Waals surface area (Å²) < 4.78 is 43.8. The lowest BCUT2D eigenvalue weighted by Crippen LogP contribution is -2.25. The van der Waals surface area contributed by atoms with E-state index in [0.29, 0.717) is 22.4 Å². The number of alkyl halides is 1. The summed E-state index contributed by atoms with van der Waals surface area (Å²) in [5.74, 6) is -0.803. The van der Waals surface area contributed by atoms with Gasteiger partial charge in [-0.15, -0.1) is 0 Å². The van der Waals surface area contributed by atoms with Crippen molar-refractivity contribution in [3.63, 3.8) is 0 Å². The largest absolute Gasteiger partial charge is 0.374 e. The predicted octanol–water partition coefficient (Wildman–Crippen LogP) is 2.49. The zero-order valence-electron chi connectivity index (χ0n) is 14.5. The minimum absolute atomic E-state index is 0.0118. The van der Waals surface area contributed by atoms with Crippen molar-refractivity contribution in [3.8, 4) is 0 Å². The standard InChI is InChI=1S/C18H18F3N5O/c1-25-17-13(4-9(7-23-17)16(22)27)18(24-25)26-8-11(20)6-15(26)12-5-10(19)2-3-14(12)21/h2-5,7,11,15-16,27H,6,8,22H2,1H3/t11-,15+,16?/m0/s1. The molecule has 1 saturated heterocycles. The summed E-state index contributed by atoms with van der Waals surface area (Å²) in [6.07, 6.45) is -0.986. The van der Waals surface area contributed by atoms with Crippen molar-refractivity contribution in [2.45, 2.75) is 24.9 Å². The average molecular weight is 377 g/mol. The third-order valence-corrected chi connectivity index (χ3v) is 4.86. The fourth-order valence-electron chi connectivity index (χ4n) is 3.60. The summed E-state index contributed by atoms with van der Waals surface area (Å²) in [5.41, 5.74) is 6.48. The molecular formula is C18H18F3N5O. The van der Waals surface area contributed by atoms with E-state index in [1.165, 1.54) is 10.9 Å². The van der Waals surface area contributed by atoms with Crippen LogP contribution < -0.4 is 10.6 Å². The molecule has 6 nitrogen and oxygen atoms in total. The smallest absolute Gasteiger partial charge is 0.160 e. The topological polar surface area (TPSA) is 80.2 Å². The number of anilines is 1. The number of aromatic nitrogens is 3. The second-order valence-electron chi connectivity index (χ2n) is 6.70. The van der Waals surface area contributed by atoms with Crippen molar-refractivity contribution in [3.05, 3.63) is 53.2 Å². The average Bonchev–Trinajstić information content (AvgIpc) is 3.17. The van der Waals surface area contributed by atoms with Gasteiger partial charge in [0.1, 0.15) is 24.0 Å². The van der Waals surface area contributed by atoms with E-state index < -0.39 is 30.1 Å². The number of nitrogens with zero attached hydrogens (tertiary/aromatic N) is 4. The van der Waals surface area contributed by atoms with E-state index in [2.05, 4.69) is 10.1 Å². The molecule has 1 unspecified atom stereocenters.